The lowest BCUT2D eigenvalue weighted by Gasteiger charge is -2.29. The minimum atomic E-state index is -0.117. The van der Waals surface area contributed by atoms with Crippen molar-refractivity contribution < 1.29 is 19.1 Å². The van der Waals surface area contributed by atoms with E-state index in [1.807, 2.05) is 45.2 Å². The number of nitrogens with zero attached hydrogens (tertiary/aromatic N) is 3. The summed E-state index contributed by atoms with van der Waals surface area (Å²) in [5, 5.41) is 11.6. The molecular formula is C26H36N4O4. The van der Waals surface area contributed by atoms with Crippen molar-refractivity contribution in [2.45, 2.75) is 84.0 Å². The average molecular weight is 469 g/mol. The number of carbonyl (C=O) groups excluding carboxylic acids is 2. The van der Waals surface area contributed by atoms with E-state index in [-0.39, 0.29) is 35.9 Å². The highest BCUT2D eigenvalue weighted by Crippen LogP contribution is 2.30. The first-order valence-corrected chi connectivity index (χ1v) is 12.5. The normalized spacial score (nSPS) is 20.9. The van der Waals surface area contributed by atoms with Crippen molar-refractivity contribution in [1.29, 1.82) is 0 Å². The Morgan fingerprint density at radius 2 is 1.76 bits per heavy atom. The molecule has 1 amide bonds. The zero-order valence-electron chi connectivity index (χ0n) is 20.5. The molecule has 1 aromatic carbocycles. The van der Waals surface area contributed by atoms with E-state index < -0.39 is 0 Å². The van der Waals surface area contributed by atoms with Crippen molar-refractivity contribution in [3.8, 4) is 17.0 Å². The second kappa shape index (κ2) is 11.0. The summed E-state index contributed by atoms with van der Waals surface area (Å²) in [6.07, 6.45) is 7.56. The van der Waals surface area contributed by atoms with Gasteiger partial charge in [-0.3, -0.25) is 9.59 Å². The predicted molar refractivity (Wildman–Crippen MR) is 128 cm³/mol. The van der Waals surface area contributed by atoms with Crippen LogP contribution in [0.1, 0.15) is 70.9 Å². The van der Waals surface area contributed by atoms with E-state index >= 15 is 0 Å². The van der Waals surface area contributed by atoms with Gasteiger partial charge in [-0.1, -0.05) is 18.1 Å². The van der Waals surface area contributed by atoms with E-state index in [0.29, 0.717) is 13.0 Å². The van der Waals surface area contributed by atoms with Gasteiger partial charge in [0.1, 0.15) is 11.4 Å². The maximum absolute atomic E-state index is 12.4. The van der Waals surface area contributed by atoms with Gasteiger partial charge in [0.25, 0.3) is 0 Å². The fourth-order valence-corrected chi connectivity index (χ4v) is 4.98. The van der Waals surface area contributed by atoms with Gasteiger partial charge in [0, 0.05) is 18.5 Å². The predicted octanol–water partition coefficient (Wildman–Crippen LogP) is 4.18. The van der Waals surface area contributed by atoms with Crippen LogP contribution < -0.4 is 10.1 Å². The molecule has 8 heteroatoms. The lowest BCUT2D eigenvalue weighted by atomic mass is 9.87. The number of benzene rings is 1. The molecule has 0 radical (unpaired) electrons. The smallest absolute Gasteiger partial charge is 0.309 e. The third-order valence-electron chi connectivity index (χ3n) is 6.84. The first-order valence-electron chi connectivity index (χ1n) is 12.5. The molecule has 2 aromatic rings. The van der Waals surface area contributed by atoms with Gasteiger partial charge in [-0.15, -0.1) is 5.10 Å². The summed E-state index contributed by atoms with van der Waals surface area (Å²) in [5.41, 5.74) is 2.56. The topological polar surface area (TPSA) is 95.3 Å². The van der Waals surface area contributed by atoms with Crippen molar-refractivity contribution >= 4 is 11.9 Å². The molecule has 0 bridgehead atoms. The Morgan fingerprint density at radius 3 is 2.47 bits per heavy atom. The Hall–Kier alpha value is -2.90. The number of hydrogen-bond donors (Lipinski definition) is 1. The molecule has 8 nitrogen and oxygen atoms in total. The highest BCUT2D eigenvalue weighted by atomic mass is 16.5. The minimum absolute atomic E-state index is 0.00203. The molecule has 1 aromatic heterocycles. The van der Waals surface area contributed by atoms with Gasteiger partial charge in [-0.05, 0) is 76.6 Å². The van der Waals surface area contributed by atoms with Gasteiger partial charge in [0.2, 0.25) is 5.91 Å². The second-order valence-electron chi connectivity index (χ2n) is 9.82. The highest BCUT2D eigenvalue weighted by molar-refractivity contribution is 5.79. The van der Waals surface area contributed by atoms with Crippen LogP contribution in [0.5, 0.6) is 5.75 Å². The SMILES string of the molecule is CC(C)OC(=O)[C@H]1CCCC(Oc2ccc(-c3nnn(C)c3CNC(=O)C3CCCC3)cc2)C1. The van der Waals surface area contributed by atoms with Gasteiger partial charge in [-0.2, -0.15) is 0 Å². The summed E-state index contributed by atoms with van der Waals surface area (Å²) in [7, 11) is 1.84. The van der Waals surface area contributed by atoms with Gasteiger partial charge in [-0.25, -0.2) is 4.68 Å². The highest BCUT2D eigenvalue weighted by Gasteiger charge is 2.30. The monoisotopic (exact) mass is 468 g/mol. The van der Waals surface area contributed by atoms with E-state index in [4.69, 9.17) is 9.47 Å². The zero-order valence-corrected chi connectivity index (χ0v) is 20.5. The summed E-state index contributed by atoms with van der Waals surface area (Å²) in [6, 6.07) is 7.80. The molecule has 2 fully saturated rings. The van der Waals surface area contributed by atoms with Crippen LogP contribution in [0.4, 0.5) is 0 Å². The molecule has 2 atom stereocenters. The van der Waals surface area contributed by atoms with Gasteiger partial charge < -0.3 is 14.8 Å². The molecule has 184 valence electrons. The molecule has 1 unspecified atom stereocenters. The van der Waals surface area contributed by atoms with E-state index in [1.54, 1.807) is 4.68 Å². The third kappa shape index (κ3) is 5.96. The second-order valence-corrected chi connectivity index (χ2v) is 9.82. The van der Waals surface area contributed by atoms with E-state index in [2.05, 4.69) is 15.6 Å². The maximum atomic E-state index is 12.4. The molecule has 0 aliphatic heterocycles. The standard InChI is InChI=1S/C26H36N4O4/c1-17(2)33-26(32)20-9-6-10-22(15-20)34-21-13-11-18(12-14-21)24-23(30(3)29-28-24)16-27-25(31)19-7-4-5-8-19/h11-14,17,19-20,22H,4-10,15-16H2,1-3H3,(H,27,31)/t20-,22?/m0/s1. The molecule has 1 heterocycles. The number of ether oxygens (including phenoxy) is 2. The first-order chi connectivity index (χ1) is 16.4. The molecular weight excluding hydrogens is 432 g/mol. The summed E-state index contributed by atoms with van der Waals surface area (Å²) < 4.78 is 13.3. The van der Waals surface area contributed by atoms with Crippen molar-refractivity contribution in [2.75, 3.05) is 0 Å². The molecule has 4 rings (SSSR count). The number of esters is 1. The van der Waals surface area contributed by atoms with Crippen LogP contribution in [-0.4, -0.2) is 39.1 Å². The quantitative estimate of drug-likeness (QED) is 0.584. The van der Waals surface area contributed by atoms with E-state index in [0.717, 1.165) is 67.6 Å². The number of aromatic nitrogens is 3. The summed E-state index contributed by atoms with van der Waals surface area (Å²) in [5.74, 6) is 0.812. The number of rotatable bonds is 8. The summed E-state index contributed by atoms with van der Waals surface area (Å²) in [4.78, 5) is 24.7. The lowest BCUT2D eigenvalue weighted by molar-refractivity contribution is -0.154. The van der Waals surface area contributed by atoms with Crippen molar-refractivity contribution in [2.24, 2.45) is 18.9 Å². The average Bonchev–Trinajstić information content (AvgIpc) is 3.48. The first kappa shape index (κ1) is 24.2. The van der Waals surface area contributed by atoms with E-state index in [9.17, 15) is 9.59 Å². The number of aryl methyl sites for hydroxylation is 1. The fraction of sp³-hybridized carbons (Fsp3) is 0.615. The van der Waals surface area contributed by atoms with Gasteiger partial charge in [0.05, 0.1) is 30.4 Å². The molecule has 2 aliphatic rings. The number of carbonyl (C=O) groups is 2. The summed E-state index contributed by atoms with van der Waals surface area (Å²) in [6.45, 7) is 4.16. The largest absolute Gasteiger partial charge is 0.490 e. The van der Waals surface area contributed by atoms with Crippen LogP contribution >= 0.6 is 0 Å². The van der Waals surface area contributed by atoms with Crippen LogP contribution in [0.15, 0.2) is 24.3 Å². The Kier molecular flexibility index (Phi) is 7.85. The van der Waals surface area contributed by atoms with Gasteiger partial charge >= 0.3 is 5.97 Å². The van der Waals surface area contributed by atoms with Crippen LogP contribution in [0.3, 0.4) is 0 Å². The number of nitrogens with one attached hydrogen (secondary N) is 1. The van der Waals surface area contributed by atoms with Crippen LogP contribution in [0, 0.1) is 11.8 Å². The van der Waals surface area contributed by atoms with Gasteiger partial charge in [0.15, 0.2) is 0 Å². The third-order valence-corrected chi connectivity index (χ3v) is 6.84. The number of amides is 1. The Labute approximate surface area is 201 Å². The van der Waals surface area contributed by atoms with Crippen LogP contribution in [-0.2, 0) is 27.9 Å². The zero-order chi connectivity index (χ0) is 24.1. The number of hydrogen-bond acceptors (Lipinski definition) is 6. The van der Waals surface area contributed by atoms with Crippen molar-refractivity contribution in [3.63, 3.8) is 0 Å². The Bertz CT molecular complexity index is 979. The fourth-order valence-electron chi connectivity index (χ4n) is 4.98. The molecule has 2 saturated carbocycles. The minimum Gasteiger partial charge on any atom is -0.490 e. The lowest BCUT2D eigenvalue weighted by Crippen LogP contribution is -2.31. The molecule has 0 spiro atoms. The Morgan fingerprint density at radius 1 is 1.06 bits per heavy atom. The molecule has 0 saturated heterocycles. The summed E-state index contributed by atoms with van der Waals surface area (Å²) >= 11 is 0. The van der Waals surface area contributed by atoms with Crippen LogP contribution in [0.25, 0.3) is 11.3 Å². The van der Waals surface area contributed by atoms with Crippen molar-refractivity contribution in [1.82, 2.24) is 20.3 Å². The van der Waals surface area contributed by atoms with Crippen molar-refractivity contribution in [3.05, 3.63) is 30.0 Å². The maximum Gasteiger partial charge on any atom is 0.309 e. The van der Waals surface area contributed by atoms with Crippen LogP contribution in [0.2, 0.25) is 0 Å². The van der Waals surface area contributed by atoms with E-state index in [1.165, 1.54) is 0 Å². The molecule has 2 aliphatic carbocycles. The molecule has 34 heavy (non-hydrogen) atoms. The molecule has 1 N–H and O–H groups in total. The Balaban J connectivity index is 1.36.